The standard InChI is InChI=1S/C14H12Cl4N2O/c1-2-5-19-13-11(17)7-12(18)14(20-13)21-8-3-4-9(15)10(16)6-8/h3-4,6-7H,2,5H2,1H3,(H,19,20). The molecule has 1 aromatic heterocycles. The summed E-state index contributed by atoms with van der Waals surface area (Å²) in [6, 6.07) is 6.50. The topological polar surface area (TPSA) is 34.2 Å². The molecule has 0 saturated carbocycles. The van der Waals surface area contributed by atoms with Crippen molar-refractivity contribution in [2.75, 3.05) is 11.9 Å². The number of aromatic nitrogens is 1. The van der Waals surface area contributed by atoms with E-state index in [4.69, 9.17) is 51.1 Å². The minimum Gasteiger partial charge on any atom is -0.437 e. The van der Waals surface area contributed by atoms with Gasteiger partial charge < -0.3 is 10.1 Å². The van der Waals surface area contributed by atoms with Gasteiger partial charge in [-0.2, -0.15) is 4.98 Å². The van der Waals surface area contributed by atoms with Gasteiger partial charge >= 0.3 is 0 Å². The van der Waals surface area contributed by atoms with E-state index in [9.17, 15) is 0 Å². The van der Waals surface area contributed by atoms with E-state index in [2.05, 4.69) is 10.3 Å². The Bertz CT molecular complexity index is 649. The highest BCUT2D eigenvalue weighted by molar-refractivity contribution is 6.42. The van der Waals surface area contributed by atoms with Gasteiger partial charge in [0.15, 0.2) is 0 Å². The number of pyridine rings is 1. The second-order valence-electron chi connectivity index (χ2n) is 4.21. The van der Waals surface area contributed by atoms with Gasteiger partial charge in [0.25, 0.3) is 0 Å². The first-order chi connectivity index (χ1) is 10.0. The van der Waals surface area contributed by atoms with Crippen molar-refractivity contribution >= 4 is 52.2 Å². The van der Waals surface area contributed by atoms with Crippen LogP contribution >= 0.6 is 46.4 Å². The second kappa shape index (κ2) is 7.41. The number of benzene rings is 1. The number of rotatable bonds is 5. The molecule has 0 saturated heterocycles. The lowest BCUT2D eigenvalue weighted by molar-refractivity contribution is 0.464. The largest absolute Gasteiger partial charge is 0.437 e. The van der Waals surface area contributed by atoms with Gasteiger partial charge in [-0.3, -0.25) is 0 Å². The zero-order valence-electron chi connectivity index (χ0n) is 11.1. The Morgan fingerprint density at radius 1 is 1.00 bits per heavy atom. The molecule has 1 N–H and O–H groups in total. The maximum atomic E-state index is 6.10. The molecule has 0 aliphatic heterocycles. The predicted octanol–water partition coefficient (Wildman–Crippen LogP) is 6.31. The molecule has 21 heavy (non-hydrogen) atoms. The molecule has 0 radical (unpaired) electrons. The van der Waals surface area contributed by atoms with Crippen LogP contribution in [0.5, 0.6) is 11.6 Å². The average Bonchev–Trinajstić information content (AvgIpc) is 2.44. The molecule has 0 amide bonds. The molecular weight excluding hydrogens is 354 g/mol. The van der Waals surface area contributed by atoms with Crippen molar-refractivity contribution < 1.29 is 4.74 Å². The third-order valence-electron chi connectivity index (χ3n) is 2.55. The van der Waals surface area contributed by atoms with Gasteiger partial charge in [-0.1, -0.05) is 53.3 Å². The molecule has 0 fully saturated rings. The van der Waals surface area contributed by atoms with Crippen LogP contribution in [0.3, 0.4) is 0 Å². The van der Waals surface area contributed by atoms with Gasteiger partial charge in [0.1, 0.15) is 16.6 Å². The molecule has 0 atom stereocenters. The molecule has 2 rings (SSSR count). The summed E-state index contributed by atoms with van der Waals surface area (Å²) in [7, 11) is 0. The van der Waals surface area contributed by atoms with Crippen molar-refractivity contribution in [3.63, 3.8) is 0 Å². The lowest BCUT2D eigenvalue weighted by Crippen LogP contribution is -2.03. The van der Waals surface area contributed by atoms with E-state index in [1.165, 1.54) is 0 Å². The minimum atomic E-state index is 0.248. The van der Waals surface area contributed by atoms with Crippen LogP contribution in [0.25, 0.3) is 0 Å². The molecule has 112 valence electrons. The maximum absolute atomic E-state index is 6.10. The Labute approximate surface area is 143 Å². The molecule has 7 heteroatoms. The van der Waals surface area contributed by atoms with Crippen LogP contribution in [0.1, 0.15) is 13.3 Å². The Kier molecular flexibility index (Phi) is 5.82. The fourth-order valence-electron chi connectivity index (χ4n) is 1.54. The SMILES string of the molecule is CCCNc1nc(Oc2ccc(Cl)c(Cl)c2)c(Cl)cc1Cl. The molecular formula is C14H12Cl4N2O. The number of hydrogen-bond acceptors (Lipinski definition) is 3. The van der Waals surface area contributed by atoms with E-state index < -0.39 is 0 Å². The average molecular weight is 366 g/mol. The number of hydrogen-bond donors (Lipinski definition) is 1. The highest BCUT2D eigenvalue weighted by atomic mass is 35.5. The van der Waals surface area contributed by atoms with E-state index >= 15 is 0 Å². The first kappa shape index (κ1) is 16.5. The number of nitrogens with one attached hydrogen (secondary N) is 1. The molecule has 0 aliphatic rings. The van der Waals surface area contributed by atoms with Gasteiger partial charge in [-0.15, -0.1) is 0 Å². The van der Waals surface area contributed by atoms with Gasteiger partial charge in [-0.25, -0.2) is 0 Å². The Morgan fingerprint density at radius 3 is 2.43 bits per heavy atom. The highest BCUT2D eigenvalue weighted by Crippen LogP contribution is 2.35. The Morgan fingerprint density at radius 2 is 1.76 bits per heavy atom. The van der Waals surface area contributed by atoms with E-state index in [1.807, 2.05) is 6.92 Å². The van der Waals surface area contributed by atoms with Gasteiger partial charge in [-0.05, 0) is 24.6 Å². The first-order valence-electron chi connectivity index (χ1n) is 6.24. The van der Waals surface area contributed by atoms with Crippen LogP contribution in [0, 0.1) is 0 Å². The lowest BCUT2D eigenvalue weighted by atomic mass is 10.3. The van der Waals surface area contributed by atoms with Crippen LogP contribution in [0.2, 0.25) is 20.1 Å². The van der Waals surface area contributed by atoms with Crippen molar-refractivity contribution in [1.29, 1.82) is 0 Å². The molecule has 0 aliphatic carbocycles. The fourth-order valence-corrected chi connectivity index (χ4v) is 2.29. The number of ether oxygens (including phenoxy) is 1. The minimum absolute atomic E-state index is 0.248. The maximum Gasteiger partial charge on any atom is 0.240 e. The first-order valence-corrected chi connectivity index (χ1v) is 7.75. The molecule has 1 heterocycles. The van der Waals surface area contributed by atoms with Crippen molar-refractivity contribution in [3.8, 4) is 11.6 Å². The monoisotopic (exact) mass is 364 g/mol. The van der Waals surface area contributed by atoms with Crippen molar-refractivity contribution in [2.24, 2.45) is 0 Å². The van der Waals surface area contributed by atoms with Crippen LogP contribution < -0.4 is 10.1 Å². The highest BCUT2D eigenvalue weighted by Gasteiger charge is 2.12. The lowest BCUT2D eigenvalue weighted by Gasteiger charge is -2.11. The molecule has 0 bridgehead atoms. The van der Waals surface area contributed by atoms with Crippen molar-refractivity contribution in [3.05, 3.63) is 44.4 Å². The molecule has 0 spiro atoms. The number of nitrogens with zero attached hydrogens (tertiary/aromatic N) is 1. The smallest absolute Gasteiger partial charge is 0.240 e. The van der Waals surface area contributed by atoms with E-state index in [0.717, 1.165) is 13.0 Å². The zero-order chi connectivity index (χ0) is 15.4. The Hall–Kier alpha value is -0.870. The summed E-state index contributed by atoms with van der Waals surface area (Å²) in [4.78, 5) is 4.28. The van der Waals surface area contributed by atoms with E-state index in [1.54, 1.807) is 24.3 Å². The second-order valence-corrected chi connectivity index (χ2v) is 5.84. The van der Waals surface area contributed by atoms with Gasteiger partial charge in [0.05, 0.1) is 15.1 Å². The van der Waals surface area contributed by atoms with Gasteiger partial charge in [0.2, 0.25) is 5.88 Å². The van der Waals surface area contributed by atoms with E-state index in [0.29, 0.717) is 31.7 Å². The summed E-state index contributed by atoms with van der Waals surface area (Å²) >= 11 is 24.0. The summed E-state index contributed by atoms with van der Waals surface area (Å²) in [6.45, 7) is 2.80. The predicted molar refractivity (Wildman–Crippen MR) is 89.6 cm³/mol. The third kappa shape index (κ3) is 4.30. The summed E-state index contributed by atoms with van der Waals surface area (Å²) in [5.74, 6) is 1.26. The molecule has 2 aromatic rings. The van der Waals surface area contributed by atoms with Crippen LogP contribution in [0.15, 0.2) is 24.3 Å². The quantitative estimate of drug-likeness (QED) is 0.674. The Balaban J connectivity index is 2.28. The molecule has 3 nitrogen and oxygen atoms in total. The van der Waals surface area contributed by atoms with Crippen LogP contribution in [-0.2, 0) is 0 Å². The zero-order valence-corrected chi connectivity index (χ0v) is 14.1. The van der Waals surface area contributed by atoms with Gasteiger partial charge in [0, 0.05) is 12.6 Å². The summed E-state index contributed by atoms with van der Waals surface area (Å²) in [5.41, 5.74) is 0. The van der Waals surface area contributed by atoms with Crippen LogP contribution in [0.4, 0.5) is 5.82 Å². The number of anilines is 1. The third-order valence-corrected chi connectivity index (χ3v) is 3.84. The van der Waals surface area contributed by atoms with Crippen molar-refractivity contribution in [2.45, 2.75) is 13.3 Å². The number of halogens is 4. The van der Waals surface area contributed by atoms with Crippen molar-refractivity contribution in [1.82, 2.24) is 4.98 Å². The van der Waals surface area contributed by atoms with E-state index in [-0.39, 0.29) is 5.88 Å². The molecule has 0 unspecified atom stereocenters. The summed E-state index contributed by atoms with van der Waals surface area (Å²) in [5, 5.41) is 4.70. The van der Waals surface area contributed by atoms with Crippen LogP contribution in [-0.4, -0.2) is 11.5 Å². The molecule has 1 aromatic carbocycles. The summed E-state index contributed by atoms with van der Waals surface area (Å²) in [6.07, 6.45) is 0.948. The summed E-state index contributed by atoms with van der Waals surface area (Å²) < 4.78 is 5.64. The normalized spacial score (nSPS) is 10.5. The fraction of sp³-hybridized carbons (Fsp3) is 0.214.